The number of hydrogen-bond acceptors (Lipinski definition) is 3. The zero-order chi connectivity index (χ0) is 11.0. The van der Waals surface area contributed by atoms with Crippen molar-refractivity contribution < 1.29 is 23.4 Å². The Bertz CT molecular complexity index is 384. The molecular weight excluding hydrogens is 230 g/mol. The molecule has 1 aliphatic heterocycles. The van der Waals surface area contributed by atoms with Crippen molar-refractivity contribution in [2.45, 2.75) is 12.5 Å². The van der Waals surface area contributed by atoms with Crippen LogP contribution >= 0.6 is 11.6 Å². The number of hydrogen-bond donors (Lipinski definition) is 1. The van der Waals surface area contributed by atoms with Gasteiger partial charge in [0, 0.05) is 0 Å². The summed E-state index contributed by atoms with van der Waals surface area (Å²) in [5.41, 5.74) is 0.0132. The van der Waals surface area contributed by atoms with E-state index < -0.39 is 12.5 Å². The number of alkyl halides is 2. The van der Waals surface area contributed by atoms with Crippen LogP contribution in [-0.4, -0.2) is 18.3 Å². The second-order valence-electron chi connectivity index (χ2n) is 3.02. The maximum Gasteiger partial charge on any atom is 0.268 e. The van der Waals surface area contributed by atoms with Gasteiger partial charge in [-0.05, 0) is 17.7 Å². The van der Waals surface area contributed by atoms with Crippen molar-refractivity contribution in [2.24, 2.45) is 0 Å². The third-order valence-electron chi connectivity index (χ3n) is 2.03. The van der Waals surface area contributed by atoms with Gasteiger partial charge in [-0.1, -0.05) is 11.6 Å². The second-order valence-corrected chi connectivity index (χ2v) is 3.42. The lowest BCUT2D eigenvalue weighted by molar-refractivity contribution is -0.00584. The summed E-state index contributed by atoms with van der Waals surface area (Å²) in [6, 6.07) is 2.54. The van der Waals surface area contributed by atoms with Gasteiger partial charge in [0.25, 0.3) is 6.43 Å². The van der Waals surface area contributed by atoms with Crippen LogP contribution in [0.2, 0.25) is 5.02 Å². The largest absolute Gasteiger partial charge is 0.454 e. The number of halogens is 3. The molecule has 0 spiro atoms. The summed E-state index contributed by atoms with van der Waals surface area (Å²) in [4.78, 5) is 0. The molecule has 0 fully saturated rings. The van der Waals surface area contributed by atoms with E-state index in [4.69, 9.17) is 26.2 Å². The smallest absolute Gasteiger partial charge is 0.268 e. The summed E-state index contributed by atoms with van der Waals surface area (Å²) >= 11 is 5.76. The highest BCUT2D eigenvalue weighted by molar-refractivity contribution is 6.32. The van der Waals surface area contributed by atoms with Gasteiger partial charge in [-0.25, -0.2) is 8.78 Å². The molecular formula is C9H7ClF2O3. The number of rotatable bonds is 2. The van der Waals surface area contributed by atoms with Crippen LogP contribution in [-0.2, 0) is 0 Å². The molecule has 1 unspecified atom stereocenters. The number of aliphatic hydroxyl groups excluding tert-OH is 1. The molecule has 1 atom stereocenters. The first-order chi connectivity index (χ1) is 7.09. The maximum atomic E-state index is 12.2. The lowest BCUT2D eigenvalue weighted by Gasteiger charge is -2.10. The van der Waals surface area contributed by atoms with Gasteiger partial charge < -0.3 is 14.6 Å². The van der Waals surface area contributed by atoms with Crippen molar-refractivity contribution in [1.29, 1.82) is 0 Å². The molecule has 1 heterocycles. The first kappa shape index (κ1) is 10.4. The van der Waals surface area contributed by atoms with Crippen LogP contribution < -0.4 is 9.47 Å². The molecule has 0 bridgehead atoms. The SMILES string of the molecule is OC(c1cc(Cl)c2c(c1)OCO2)C(F)F. The van der Waals surface area contributed by atoms with Crippen LogP contribution in [0.4, 0.5) is 8.78 Å². The van der Waals surface area contributed by atoms with Gasteiger partial charge in [-0.3, -0.25) is 0 Å². The van der Waals surface area contributed by atoms with Gasteiger partial charge in [0.1, 0.15) is 6.10 Å². The summed E-state index contributed by atoms with van der Waals surface area (Å²) in [6.07, 6.45) is -4.72. The lowest BCUT2D eigenvalue weighted by Crippen LogP contribution is -2.07. The van der Waals surface area contributed by atoms with E-state index in [9.17, 15) is 8.78 Å². The van der Waals surface area contributed by atoms with E-state index in [2.05, 4.69) is 0 Å². The standard InChI is InChI=1S/C9H7ClF2O3/c10-5-1-4(7(13)9(11)12)2-6-8(5)15-3-14-6/h1-2,7,9,13H,3H2. The number of benzene rings is 1. The van der Waals surface area contributed by atoms with Crippen LogP contribution in [0, 0.1) is 0 Å². The molecule has 3 nitrogen and oxygen atoms in total. The molecule has 0 aliphatic carbocycles. The normalized spacial score (nSPS) is 15.8. The minimum absolute atomic E-state index is 0.00325. The van der Waals surface area contributed by atoms with E-state index >= 15 is 0 Å². The fourth-order valence-corrected chi connectivity index (χ4v) is 1.58. The van der Waals surface area contributed by atoms with Crippen LogP contribution in [0.15, 0.2) is 12.1 Å². The predicted molar refractivity (Wildman–Crippen MR) is 48.5 cm³/mol. The van der Waals surface area contributed by atoms with Gasteiger partial charge in [-0.2, -0.15) is 0 Å². The minimum Gasteiger partial charge on any atom is -0.454 e. The van der Waals surface area contributed by atoms with Gasteiger partial charge in [0.2, 0.25) is 6.79 Å². The van der Waals surface area contributed by atoms with Crippen molar-refractivity contribution in [3.05, 3.63) is 22.7 Å². The third kappa shape index (κ3) is 1.85. The van der Waals surface area contributed by atoms with Crippen molar-refractivity contribution in [3.8, 4) is 11.5 Å². The van der Waals surface area contributed by atoms with Crippen molar-refractivity contribution in [1.82, 2.24) is 0 Å². The Balaban J connectivity index is 2.39. The van der Waals surface area contributed by atoms with E-state index in [1.165, 1.54) is 12.1 Å². The average molecular weight is 237 g/mol. The number of aliphatic hydroxyl groups is 1. The first-order valence-corrected chi connectivity index (χ1v) is 4.52. The summed E-state index contributed by atoms with van der Waals surface area (Å²) in [5.74, 6) is 0.596. The highest BCUT2D eigenvalue weighted by Crippen LogP contribution is 2.41. The molecule has 1 N–H and O–H groups in total. The van der Waals surface area contributed by atoms with Gasteiger partial charge in [0.05, 0.1) is 5.02 Å². The Morgan fingerprint density at radius 3 is 2.73 bits per heavy atom. The quantitative estimate of drug-likeness (QED) is 0.857. The minimum atomic E-state index is -2.86. The molecule has 1 aromatic rings. The summed E-state index contributed by atoms with van der Waals surface area (Å²) in [5, 5.41) is 9.30. The van der Waals surface area contributed by atoms with E-state index in [0.717, 1.165) is 0 Å². The zero-order valence-corrected chi connectivity index (χ0v) is 8.17. The Kier molecular flexibility index (Phi) is 2.67. The molecule has 6 heteroatoms. The van der Waals surface area contributed by atoms with Crippen molar-refractivity contribution in [3.63, 3.8) is 0 Å². The molecule has 0 aromatic heterocycles. The molecule has 0 amide bonds. The summed E-state index contributed by atoms with van der Waals surface area (Å²) in [6.45, 7) is 0.00325. The fourth-order valence-electron chi connectivity index (χ4n) is 1.30. The summed E-state index contributed by atoms with van der Waals surface area (Å²) < 4.78 is 34.5. The zero-order valence-electron chi connectivity index (χ0n) is 7.41. The monoisotopic (exact) mass is 236 g/mol. The fraction of sp³-hybridized carbons (Fsp3) is 0.333. The van der Waals surface area contributed by atoms with Crippen LogP contribution in [0.25, 0.3) is 0 Å². The summed E-state index contributed by atoms with van der Waals surface area (Å²) in [7, 11) is 0. The van der Waals surface area contributed by atoms with E-state index in [0.29, 0.717) is 5.75 Å². The van der Waals surface area contributed by atoms with Gasteiger partial charge >= 0.3 is 0 Å². The van der Waals surface area contributed by atoms with Crippen LogP contribution in [0.3, 0.4) is 0 Å². The molecule has 1 aromatic carbocycles. The van der Waals surface area contributed by atoms with E-state index in [1.807, 2.05) is 0 Å². The molecule has 82 valence electrons. The molecule has 0 saturated carbocycles. The number of fused-ring (bicyclic) bond motifs is 1. The van der Waals surface area contributed by atoms with E-state index in [-0.39, 0.29) is 23.1 Å². The highest BCUT2D eigenvalue weighted by Gasteiger charge is 2.24. The van der Waals surface area contributed by atoms with Gasteiger partial charge in [-0.15, -0.1) is 0 Å². The highest BCUT2D eigenvalue weighted by atomic mass is 35.5. The molecule has 2 rings (SSSR count). The third-order valence-corrected chi connectivity index (χ3v) is 2.31. The molecule has 15 heavy (non-hydrogen) atoms. The van der Waals surface area contributed by atoms with Crippen molar-refractivity contribution >= 4 is 11.6 Å². The Morgan fingerprint density at radius 2 is 2.07 bits per heavy atom. The Morgan fingerprint density at radius 1 is 1.33 bits per heavy atom. The second kappa shape index (κ2) is 3.83. The van der Waals surface area contributed by atoms with Crippen LogP contribution in [0.1, 0.15) is 11.7 Å². The van der Waals surface area contributed by atoms with Crippen molar-refractivity contribution in [2.75, 3.05) is 6.79 Å². The number of ether oxygens (including phenoxy) is 2. The first-order valence-electron chi connectivity index (χ1n) is 4.15. The molecule has 0 saturated heterocycles. The van der Waals surface area contributed by atoms with E-state index in [1.54, 1.807) is 0 Å². The lowest BCUT2D eigenvalue weighted by atomic mass is 10.1. The molecule has 1 aliphatic rings. The van der Waals surface area contributed by atoms with Gasteiger partial charge in [0.15, 0.2) is 11.5 Å². The predicted octanol–water partition coefficient (Wildman–Crippen LogP) is 2.37. The average Bonchev–Trinajstić information content (AvgIpc) is 2.64. The topological polar surface area (TPSA) is 38.7 Å². The molecule has 0 radical (unpaired) electrons. The maximum absolute atomic E-state index is 12.2. The Hall–Kier alpha value is -1.07. The Labute approximate surface area is 89.2 Å². The van der Waals surface area contributed by atoms with Crippen LogP contribution in [0.5, 0.6) is 11.5 Å².